The van der Waals surface area contributed by atoms with Gasteiger partial charge < -0.3 is 21.3 Å². The summed E-state index contributed by atoms with van der Waals surface area (Å²) in [5.74, 6) is -0.157. The highest BCUT2D eigenvalue weighted by molar-refractivity contribution is 6.12. The molecule has 0 aliphatic rings. The van der Waals surface area contributed by atoms with Crippen LogP contribution in [0.4, 0.5) is 5.69 Å². The topological polar surface area (TPSA) is 118 Å². The number of nitrogens with two attached hydrogens (primary N) is 1. The molecule has 1 amide bonds. The molecule has 0 bridgehead atoms. The van der Waals surface area contributed by atoms with Crippen molar-refractivity contribution in [3.63, 3.8) is 0 Å². The van der Waals surface area contributed by atoms with Crippen LogP contribution in [0.5, 0.6) is 0 Å². The fraction of sp³-hybridized carbons (Fsp3) is 0.421. The SMILES string of the molecule is Cc1ccc(C(=O)NC(=N)/C=C\C(=N)N(C)C)c(NCCCCCN)c1. The first-order valence-electron chi connectivity index (χ1n) is 8.73. The normalized spacial score (nSPS) is 10.6. The average molecular weight is 358 g/mol. The van der Waals surface area contributed by atoms with E-state index in [-0.39, 0.29) is 17.6 Å². The number of amides is 1. The maximum absolute atomic E-state index is 12.5. The molecule has 26 heavy (non-hydrogen) atoms. The van der Waals surface area contributed by atoms with E-state index in [2.05, 4.69) is 10.6 Å². The van der Waals surface area contributed by atoms with Gasteiger partial charge in [0.2, 0.25) is 0 Å². The van der Waals surface area contributed by atoms with Crippen LogP contribution in [0.2, 0.25) is 0 Å². The van der Waals surface area contributed by atoms with Gasteiger partial charge in [-0.2, -0.15) is 0 Å². The third-order valence-corrected chi connectivity index (χ3v) is 3.75. The lowest BCUT2D eigenvalue weighted by Crippen LogP contribution is -2.29. The molecule has 0 aromatic heterocycles. The van der Waals surface area contributed by atoms with Gasteiger partial charge in [-0.05, 0) is 56.2 Å². The van der Waals surface area contributed by atoms with Gasteiger partial charge in [0.1, 0.15) is 11.7 Å². The van der Waals surface area contributed by atoms with Crippen molar-refractivity contribution in [3.05, 3.63) is 41.5 Å². The van der Waals surface area contributed by atoms with E-state index in [4.69, 9.17) is 16.6 Å². The van der Waals surface area contributed by atoms with Gasteiger partial charge in [-0.15, -0.1) is 0 Å². The van der Waals surface area contributed by atoms with E-state index in [1.54, 1.807) is 25.1 Å². The van der Waals surface area contributed by atoms with Gasteiger partial charge in [0.25, 0.3) is 5.91 Å². The fourth-order valence-electron chi connectivity index (χ4n) is 2.21. The Morgan fingerprint density at radius 1 is 1.19 bits per heavy atom. The van der Waals surface area contributed by atoms with Gasteiger partial charge in [0.05, 0.1) is 5.56 Å². The minimum Gasteiger partial charge on any atom is -0.384 e. The largest absolute Gasteiger partial charge is 0.384 e. The number of aryl methyl sites for hydroxylation is 1. The van der Waals surface area contributed by atoms with Crippen LogP contribution in [0.3, 0.4) is 0 Å². The molecule has 0 heterocycles. The van der Waals surface area contributed by atoms with E-state index >= 15 is 0 Å². The number of rotatable bonds is 9. The van der Waals surface area contributed by atoms with Gasteiger partial charge in [0.15, 0.2) is 0 Å². The molecule has 0 aliphatic heterocycles. The number of carbonyl (C=O) groups is 1. The molecule has 1 aromatic carbocycles. The summed E-state index contributed by atoms with van der Waals surface area (Å²) in [7, 11) is 3.49. The summed E-state index contributed by atoms with van der Waals surface area (Å²) in [4.78, 5) is 14.1. The van der Waals surface area contributed by atoms with Gasteiger partial charge in [-0.3, -0.25) is 15.6 Å². The first-order valence-corrected chi connectivity index (χ1v) is 8.73. The second-order valence-electron chi connectivity index (χ2n) is 6.31. The number of nitrogens with zero attached hydrogens (tertiary/aromatic N) is 1. The van der Waals surface area contributed by atoms with Crippen LogP contribution >= 0.6 is 0 Å². The van der Waals surface area contributed by atoms with Crippen LogP contribution in [0.1, 0.15) is 35.2 Å². The molecule has 0 saturated carbocycles. The highest BCUT2D eigenvalue weighted by atomic mass is 16.1. The van der Waals surface area contributed by atoms with Crippen molar-refractivity contribution in [2.45, 2.75) is 26.2 Å². The Hall–Kier alpha value is -2.67. The van der Waals surface area contributed by atoms with Crippen LogP contribution in [-0.2, 0) is 0 Å². The summed E-state index contributed by atoms with van der Waals surface area (Å²) >= 11 is 0. The Labute approximate surface area is 155 Å². The maximum atomic E-state index is 12.5. The van der Waals surface area contributed by atoms with Crippen molar-refractivity contribution in [1.29, 1.82) is 10.8 Å². The Morgan fingerprint density at radius 3 is 2.58 bits per heavy atom. The molecule has 0 saturated heterocycles. The lowest BCUT2D eigenvalue weighted by molar-refractivity contribution is 0.0978. The minimum atomic E-state index is -0.347. The Balaban J connectivity index is 2.72. The van der Waals surface area contributed by atoms with E-state index in [1.165, 1.54) is 12.2 Å². The zero-order valence-electron chi connectivity index (χ0n) is 15.9. The first-order chi connectivity index (χ1) is 12.3. The molecule has 0 aliphatic carbocycles. The molecule has 1 rings (SSSR count). The quantitative estimate of drug-likeness (QED) is 0.264. The van der Waals surface area contributed by atoms with Crippen molar-refractivity contribution in [2.75, 3.05) is 32.5 Å². The number of unbranched alkanes of at least 4 members (excludes halogenated alkanes) is 2. The molecule has 0 radical (unpaired) electrons. The van der Waals surface area contributed by atoms with Crippen molar-refractivity contribution < 1.29 is 4.79 Å². The summed E-state index contributed by atoms with van der Waals surface area (Å²) in [5, 5.41) is 21.4. The standard InChI is InChI=1S/C19H30N6O/c1-14-7-8-15(16(13-14)23-12-6-4-5-11-20)19(26)24-17(21)9-10-18(22)25(2)3/h7-10,13,22-23H,4-6,11-12,20H2,1-3H3,(H2,21,24,26)/b10-9-,22-18?. The van der Waals surface area contributed by atoms with Crippen molar-refractivity contribution in [1.82, 2.24) is 10.2 Å². The summed E-state index contributed by atoms with van der Waals surface area (Å²) < 4.78 is 0. The second kappa shape index (κ2) is 11.0. The van der Waals surface area contributed by atoms with E-state index in [0.29, 0.717) is 12.1 Å². The van der Waals surface area contributed by atoms with Gasteiger partial charge >= 0.3 is 0 Å². The first kappa shape index (κ1) is 21.4. The highest BCUT2D eigenvalue weighted by Crippen LogP contribution is 2.18. The molecule has 0 unspecified atom stereocenters. The van der Waals surface area contributed by atoms with E-state index < -0.39 is 0 Å². The van der Waals surface area contributed by atoms with E-state index in [0.717, 1.165) is 37.1 Å². The summed E-state index contributed by atoms with van der Waals surface area (Å²) in [6, 6.07) is 5.56. The molecule has 0 fully saturated rings. The third-order valence-electron chi connectivity index (χ3n) is 3.75. The minimum absolute atomic E-state index is 0.0592. The molecular weight excluding hydrogens is 328 g/mol. The summed E-state index contributed by atoms with van der Waals surface area (Å²) in [6.07, 6.45) is 5.89. The molecule has 0 spiro atoms. The van der Waals surface area contributed by atoms with Crippen LogP contribution in [-0.4, -0.2) is 49.7 Å². The van der Waals surface area contributed by atoms with Crippen LogP contribution < -0.4 is 16.4 Å². The number of amidine groups is 2. The number of hydrogen-bond donors (Lipinski definition) is 5. The zero-order chi connectivity index (χ0) is 19.5. The van der Waals surface area contributed by atoms with Crippen molar-refractivity contribution in [2.24, 2.45) is 5.73 Å². The second-order valence-corrected chi connectivity index (χ2v) is 6.31. The summed E-state index contributed by atoms with van der Waals surface area (Å²) in [6.45, 7) is 3.43. The zero-order valence-corrected chi connectivity index (χ0v) is 15.9. The number of hydrogen-bond acceptors (Lipinski definition) is 5. The predicted octanol–water partition coefficient (Wildman–Crippen LogP) is 2.34. The monoisotopic (exact) mass is 358 g/mol. The van der Waals surface area contributed by atoms with Crippen LogP contribution in [0, 0.1) is 17.7 Å². The van der Waals surface area contributed by atoms with E-state index in [9.17, 15) is 4.79 Å². The Bertz CT molecular complexity index is 666. The number of anilines is 1. The summed E-state index contributed by atoms with van der Waals surface area (Å²) in [5.41, 5.74) is 7.81. The number of likely N-dealkylation sites (N-methyl/N-ethyl adjacent to an activating group) is 1. The molecular formula is C19H30N6O. The molecule has 142 valence electrons. The number of benzene rings is 1. The fourth-order valence-corrected chi connectivity index (χ4v) is 2.21. The average Bonchev–Trinajstić information content (AvgIpc) is 2.59. The lowest BCUT2D eigenvalue weighted by atomic mass is 10.1. The molecule has 0 atom stereocenters. The Kier molecular flexibility index (Phi) is 9.08. The maximum Gasteiger partial charge on any atom is 0.258 e. The number of carbonyl (C=O) groups excluding carboxylic acids is 1. The lowest BCUT2D eigenvalue weighted by Gasteiger charge is -2.13. The van der Waals surface area contributed by atoms with Gasteiger partial charge in [0, 0.05) is 26.3 Å². The van der Waals surface area contributed by atoms with Crippen molar-refractivity contribution in [3.8, 4) is 0 Å². The molecule has 7 nitrogen and oxygen atoms in total. The van der Waals surface area contributed by atoms with E-state index in [1.807, 2.05) is 19.1 Å². The van der Waals surface area contributed by atoms with Gasteiger partial charge in [-0.25, -0.2) is 0 Å². The molecule has 1 aromatic rings. The third kappa shape index (κ3) is 7.48. The Morgan fingerprint density at radius 2 is 1.92 bits per heavy atom. The van der Waals surface area contributed by atoms with Crippen molar-refractivity contribution >= 4 is 23.3 Å². The number of nitrogens with one attached hydrogen (secondary N) is 4. The van der Waals surface area contributed by atoms with Crippen LogP contribution in [0.25, 0.3) is 0 Å². The smallest absolute Gasteiger partial charge is 0.258 e. The molecule has 6 N–H and O–H groups in total. The van der Waals surface area contributed by atoms with Crippen LogP contribution in [0.15, 0.2) is 30.4 Å². The molecule has 7 heteroatoms. The highest BCUT2D eigenvalue weighted by Gasteiger charge is 2.12. The van der Waals surface area contributed by atoms with Gasteiger partial charge in [-0.1, -0.05) is 12.5 Å². The predicted molar refractivity (Wildman–Crippen MR) is 108 cm³/mol.